The molecule has 1 aliphatic carbocycles. The lowest BCUT2D eigenvalue weighted by Crippen LogP contribution is -2.38. The van der Waals surface area contributed by atoms with Crippen molar-refractivity contribution in [3.63, 3.8) is 0 Å². The van der Waals surface area contributed by atoms with Crippen LogP contribution in [-0.2, 0) is 14.8 Å². The fraction of sp³-hybridized carbons (Fsp3) is 0.435. The molecule has 0 aliphatic heterocycles. The van der Waals surface area contributed by atoms with Gasteiger partial charge >= 0.3 is 0 Å². The number of anilines is 1. The summed E-state index contributed by atoms with van der Waals surface area (Å²) in [5.74, 6) is 0.0877. The van der Waals surface area contributed by atoms with E-state index in [-0.39, 0.29) is 16.8 Å². The first-order valence-electron chi connectivity index (χ1n) is 10.6. The molecule has 0 bridgehead atoms. The van der Waals surface area contributed by atoms with Crippen molar-refractivity contribution in [2.24, 2.45) is 0 Å². The number of benzene rings is 2. The first-order valence-corrected chi connectivity index (χ1v) is 12.9. The summed E-state index contributed by atoms with van der Waals surface area (Å²) in [6.45, 7) is 0.724. The van der Waals surface area contributed by atoms with Crippen molar-refractivity contribution in [3.8, 4) is 5.75 Å². The SMILES string of the molecule is COCCOc1ccc(Br)cc1C(=O)Nc1ccc(S(=O)(=O)N(C)C2CCCCC2)cc1. The Morgan fingerprint density at radius 1 is 1.09 bits per heavy atom. The van der Waals surface area contributed by atoms with Crippen molar-refractivity contribution in [3.05, 3.63) is 52.5 Å². The summed E-state index contributed by atoms with van der Waals surface area (Å²) in [4.78, 5) is 13.1. The molecular weight excluding hydrogens is 496 g/mol. The van der Waals surface area contributed by atoms with Gasteiger partial charge in [-0.05, 0) is 55.3 Å². The molecule has 0 spiro atoms. The number of carbonyl (C=O) groups excluding carboxylic acids is 1. The maximum atomic E-state index is 13.0. The van der Waals surface area contributed by atoms with Gasteiger partial charge < -0.3 is 14.8 Å². The first kappa shape index (κ1) is 24.7. The number of nitrogens with zero attached hydrogens (tertiary/aromatic N) is 1. The van der Waals surface area contributed by atoms with E-state index in [1.807, 2.05) is 0 Å². The maximum absolute atomic E-state index is 13.0. The van der Waals surface area contributed by atoms with E-state index in [0.717, 1.165) is 36.6 Å². The normalized spacial score (nSPS) is 15.0. The number of halogens is 1. The zero-order valence-electron chi connectivity index (χ0n) is 18.3. The molecule has 0 aromatic heterocycles. The molecule has 1 fully saturated rings. The molecule has 1 saturated carbocycles. The molecule has 0 saturated heterocycles. The molecule has 0 atom stereocenters. The number of amides is 1. The molecule has 2 aromatic rings. The van der Waals surface area contributed by atoms with Gasteiger partial charge in [0.05, 0.1) is 17.1 Å². The van der Waals surface area contributed by atoms with E-state index in [4.69, 9.17) is 9.47 Å². The third-order valence-electron chi connectivity index (χ3n) is 5.61. The number of sulfonamides is 1. The second-order valence-electron chi connectivity index (χ2n) is 7.77. The van der Waals surface area contributed by atoms with Crippen LogP contribution in [0.1, 0.15) is 42.5 Å². The Bertz CT molecular complexity index is 1020. The Kier molecular flexibility index (Phi) is 8.70. The predicted molar refractivity (Wildman–Crippen MR) is 128 cm³/mol. The van der Waals surface area contributed by atoms with Crippen molar-refractivity contribution in [2.45, 2.75) is 43.0 Å². The Labute approximate surface area is 198 Å². The second-order valence-corrected chi connectivity index (χ2v) is 10.7. The summed E-state index contributed by atoms with van der Waals surface area (Å²) in [6, 6.07) is 11.5. The van der Waals surface area contributed by atoms with Crippen molar-refractivity contribution in [1.29, 1.82) is 0 Å². The number of nitrogens with one attached hydrogen (secondary N) is 1. The van der Waals surface area contributed by atoms with Gasteiger partial charge in [-0.2, -0.15) is 4.31 Å². The number of hydrogen-bond acceptors (Lipinski definition) is 5. The highest BCUT2D eigenvalue weighted by Crippen LogP contribution is 2.28. The van der Waals surface area contributed by atoms with Gasteiger partial charge in [0.25, 0.3) is 5.91 Å². The van der Waals surface area contributed by atoms with Gasteiger partial charge in [-0.3, -0.25) is 4.79 Å². The number of methoxy groups -OCH3 is 1. The third-order valence-corrected chi connectivity index (χ3v) is 8.03. The van der Waals surface area contributed by atoms with Gasteiger partial charge in [0.2, 0.25) is 10.0 Å². The van der Waals surface area contributed by atoms with Gasteiger partial charge in [-0.25, -0.2) is 8.42 Å². The lowest BCUT2D eigenvalue weighted by atomic mass is 9.96. The van der Waals surface area contributed by atoms with Crippen LogP contribution in [0.25, 0.3) is 0 Å². The quantitative estimate of drug-likeness (QED) is 0.481. The van der Waals surface area contributed by atoms with Crippen LogP contribution in [0.4, 0.5) is 5.69 Å². The molecule has 1 N–H and O–H groups in total. The Morgan fingerprint density at radius 3 is 2.44 bits per heavy atom. The zero-order chi connectivity index (χ0) is 23.1. The van der Waals surface area contributed by atoms with Gasteiger partial charge in [0.15, 0.2) is 0 Å². The Hall–Kier alpha value is -1.94. The first-order chi connectivity index (χ1) is 15.3. The standard InChI is InChI=1S/C23H29BrN2O5S/c1-26(19-6-4-3-5-7-19)32(28,29)20-11-9-18(10-12-20)25-23(27)21-16-17(24)8-13-22(21)31-15-14-30-2/h8-13,16,19H,3-7,14-15H2,1-2H3,(H,25,27). The molecule has 174 valence electrons. The molecule has 0 radical (unpaired) electrons. The van der Waals surface area contributed by atoms with Crippen molar-refractivity contribution >= 4 is 37.5 Å². The van der Waals surface area contributed by atoms with Gasteiger partial charge in [-0.15, -0.1) is 0 Å². The molecule has 3 rings (SSSR count). The minimum atomic E-state index is -3.58. The van der Waals surface area contributed by atoms with Gasteiger partial charge in [0.1, 0.15) is 12.4 Å². The van der Waals surface area contributed by atoms with E-state index in [1.165, 1.54) is 16.4 Å². The predicted octanol–water partition coefficient (Wildman–Crippen LogP) is 4.68. The maximum Gasteiger partial charge on any atom is 0.259 e. The molecule has 2 aromatic carbocycles. The summed E-state index contributed by atoms with van der Waals surface area (Å²) < 4.78 is 38.9. The number of rotatable bonds is 9. The average Bonchev–Trinajstić information content (AvgIpc) is 2.80. The lowest BCUT2D eigenvalue weighted by molar-refractivity contribution is 0.101. The molecule has 1 amide bonds. The number of hydrogen-bond donors (Lipinski definition) is 1. The van der Waals surface area contributed by atoms with Crippen LogP contribution in [0.15, 0.2) is 51.8 Å². The minimum Gasteiger partial charge on any atom is -0.490 e. The van der Waals surface area contributed by atoms with Gasteiger partial charge in [-0.1, -0.05) is 35.2 Å². The van der Waals surface area contributed by atoms with Crippen LogP contribution in [0.3, 0.4) is 0 Å². The summed E-state index contributed by atoms with van der Waals surface area (Å²) in [6.07, 6.45) is 5.07. The van der Waals surface area contributed by atoms with E-state index in [9.17, 15) is 13.2 Å². The van der Waals surface area contributed by atoms with E-state index < -0.39 is 10.0 Å². The van der Waals surface area contributed by atoms with Crippen LogP contribution in [0, 0.1) is 0 Å². The molecular formula is C23H29BrN2O5S. The summed E-state index contributed by atoms with van der Waals surface area (Å²) in [7, 11) is -0.348. The molecule has 1 aliphatic rings. The molecule has 0 heterocycles. The van der Waals surface area contributed by atoms with Crippen molar-refractivity contribution < 1.29 is 22.7 Å². The summed E-state index contributed by atoms with van der Waals surface area (Å²) in [5, 5.41) is 2.81. The fourth-order valence-corrected chi connectivity index (χ4v) is 5.53. The van der Waals surface area contributed by atoms with Gasteiger partial charge in [0, 0.05) is 30.4 Å². The van der Waals surface area contributed by atoms with Crippen LogP contribution in [0.5, 0.6) is 5.75 Å². The minimum absolute atomic E-state index is 0.0428. The fourth-order valence-electron chi connectivity index (χ4n) is 3.76. The zero-order valence-corrected chi connectivity index (χ0v) is 20.7. The largest absolute Gasteiger partial charge is 0.490 e. The highest BCUT2D eigenvalue weighted by Gasteiger charge is 2.29. The smallest absolute Gasteiger partial charge is 0.259 e. The highest BCUT2D eigenvalue weighted by molar-refractivity contribution is 9.10. The van der Waals surface area contributed by atoms with Crippen LogP contribution >= 0.6 is 15.9 Å². The van der Waals surface area contributed by atoms with Crippen LogP contribution in [-0.4, -0.2) is 52.0 Å². The molecule has 9 heteroatoms. The van der Waals surface area contributed by atoms with Crippen molar-refractivity contribution in [2.75, 3.05) is 32.7 Å². The van der Waals surface area contributed by atoms with E-state index >= 15 is 0 Å². The van der Waals surface area contributed by atoms with Crippen LogP contribution < -0.4 is 10.1 Å². The van der Waals surface area contributed by atoms with Crippen LogP contribution in [0.2, 0.25) is 0 Å². The summed E-state index contributed by atoms with van der Waals surface area (Å²) >= 11 is 3.38. The molecule has 7 nitrogen and oxygen atoms in total. The van der Waals surface area contributed by atoms with E-state index in [2.05, 4.69) is 21.2 Å². The second kappa shape index (κ2) is 11.3. The third kappa shape index (κ3) is 6.10. The van der Waals surface area contributed by atoms with E-state index in [0.29, 0.717) is 30.2 Å². The number of ether oxygens (including phenoxy) is 2. The summed E-state index contributed by atoms with van der Waals surface area (Å²) in [5.41, 5.74) is 0.862. The monoisotopic (exact) mass is 524 g/mol. The van der Waals surface area contributed by atoms with E-state index in [1.54, 1.807) is 44.5 Å². The number of carbonyl (C=O) groups is 1. The Morgan fingerprint density at radius 2 is 1.78 bits per heavy atom. The van der Waals surface area contributed by atoms with Crippen molar-refractivity contribution in [1.82, 2.24) is 4.31 Å². The topological polar surface area (TPSA) is 84.9 Å². The lowest BCUT2D eigenvalue weighted by Gasteiger charge is -2.30. The highest BCUT2D eigenvalue weighted by atomic mass is 79.9. The molecule has 32 heavy (non-hydrogen) atoms. The Balaban J connectivity index is 1.72. The molecule has 0 unspecified atom stereocenters. The average molecular weight is 525 g/mol.